The van der Waals surface area contributed by atoms with Crippen LogP contribution in [0.5, 0.6) is 5.75 Å². The quantitative estimate of drug-likeness (QED) is 0.700. The molecule has 6 nitrogen and oxygen atoms in total. The number of carboxylic acid groups (broad SMARTS) is 1. The highest BCUT2D eigenvalue weighted by Gasteiger charge is 2.34. The van der Waals surface area contributed by atoms with Crippen LogP contribution in [0.3, 0.4) is 0 Å². The van der Waals surface area contributed by atoms with Gasteiger partial charge in [-0.1, -0.05) is 22.0 Å². The zero-order valence-corrected chi connectivity index (χ0v) is 13.7. The summed E-state index contributed by atoms with van der Waals surface area (Å²) in [6.07, 6.45) is 0.900. The first kappa shape index (κ1) is 14.2. The molecule has 0 unspecified atom stereocenters. The number of ether oxygens (including phenoxy) is 1. The molecule has 2 aromatic heterocycles. The van der Waals surface area contributed by atoms with Crippen LogP contribution in [0.2, 0.25) is 0 Å². The van der Waals surface area contributed by atoms with E-state index in [1.165, 1.54) is 4.90 Å². The molecule has 0 saturated carbocycles. The standard InChI is InChI=1S/C15H7BrN2O4S/c16-7-2-1-3-8(6-7)18-9-4-5-17-13-10(9)11(22-15(18)21)12(23-13)14(19)20/h1-6H,(H,19,20). The topological polar surface area (TPSA) is 79.7 Å². The summed E-state index contributed by atoms with van der Waals surface area (Å²) >= 11 is 4.36. The molecule has 4 rings (SSSR count). The number of pyridine rings is 1. The van der Waals surface area contributed by atoms with E-state index in [4.69, 9.17) is 4.74 Å². The lowest BCUT2D eigenvalue weighted by molar-refractivity contribution is 0.0700. The maximum Gasteiger partial charge on any atom is 0.424 e. The predicted octanol–water partition coefficient (Wildman–Crippen LogP) is 4.41. The van der Waals surface area contributed by atoms with Gasteiger partial charge in [0.1, 0.15) is 4.83 Å². The van der Waals surface area contributed by atoms with Gasteiger partial charge in [-0.25, -0.2) is 19.5 Å². The zero-order valence-electron chi connectivity index (χ0n) is 11.3. The maximum atomic E-state index is 12.5. The van der Waals surface area contributed by atoms with Crippen molar-refractivity contribution >= 4 is 60.9 Å². The summed E-state index contributed by atoms with van der Waals surface area (Å²) in [4.78, 5) is 29.9. The number of amides is 1. The third-order valence-electron chi connectivity index (χ3n) is 3.40. The van der Waals surface area contributed by atoms with E-state index in [-0.39, 0.29) is 10.6 Å². The van der Waals surface area contributed by atoms with E-state index in [0.717, 1.165) is 15.8 Å². The first-order valence-corrected chi connectivity index (χ1v) is 8.09. The molecule has 0 aliphatic carbocycles. The van der Waals surface area contributed by atoms with Gasteiger partial charge < -0.3 is 9.84 Å². The van der Waals surface area contributed by atoms with Crippen molar-refractivity contribution in [3.05, 3.63) is 45.9 Å². The van der Waals surface area contributed by atoms with E-state index in [2.05, 4.69) is 20.9 Å². The van der Waals surface area contributed by atoms with Crippen LogP contribution < -0.4 is 9.64 Å². The number of rotatable bonds is 2. The van der Waals surface area contributed by atoms with Crippen molar-refractivity contribution < 1.29 is 19.4 Å². The van der Waals surface area contributed by atoms with E-state index >= 15 is 0 Å². The molecule has 0 radical (unpaired) electrons. The molecular formula is C15H7BrN2O4S. The number of carbonyl (C=O) groups is 2. The number of aromatic carboxylic acids is 1. The van der Waals surface area contributed by atoms with Gasteiger partial charge >= 0.3 is 12.1 Å². The summed E-state index contributed by atoms with van der Waals surface area (Å²) in [5, 5.41) is 9.83. The van der Waals surface area contributed by atoms with Crippen LogP contribution in [0.4, 0.5) is 16.2 Å². The van der Waals surface area contributed by atoms with Crippen LogP contribution in [0.25, 0.3) is 10.2 Å². The molecule has 1 aromatic carbocycles. The highest BCUT2D eigenvalue weighted by Crippen LogP contribution is 2.47. The monoisotopic (exact) mass is 390 g/mol. The number of thiophene rings is 1. The first-order chi connectivity index (χ1) is 11.1. The molecule has 3 aromatic rings. The van der Waals surface area contributed by atoms with Crippen molar-refractivity contribution in [1.82, 2.24) is 4.98 Å². The van der Waals surface area contributed by atoms with E-state index in [1.54, 1.807) is 30.5 Å². The van der Waals surface area contributed by atoms with Crippen LogP contribution in [0.1, 0.15) is 9.67 Å². The lowest BCUT2D eigenvalue weighted by atomic mass is 10.2. The Labute approximate surface area is 142 Å². The summed E-state index contributed by atoms with van der Waals surface area (Å²) in [5.74, 6) is -1.07. The van der Waals surface area contributed by atoms with Gasteiger partial charge in [-0.3, -0.25) is 0 Å². The van der Waals surface area contributed by atoms with Gasteiger partial charge in [0, 0.05) is 10.7 Å². The largest absolute Gasteiger partial charge is 0.477 e. The molecule has 0 atom stereocenters. The summed E-state index contributed by atoms with van der Waals surface area (Å²) in [6.45, 7) is 0. The fraction of sp³-hybridized carbons (Fsp3) is 0. The van der Waals surface area contributed by atoms with Crippen molar-refractivity contribution in [3.8, 4) is 5.75 Å². The maximum absolute atomic E-state index is 12.5. The fourth-order valence-electron chi connectivity index (χ4n) is 2.50. The third-order valence-corrected chi connectivity index (χ3v) is 4.96. The van der Waals surface area contributed by atoms with Gasteiger partial charge in [-0.15, -0.1) is 11.3 Å². The number of anilines is 2. The minimum atomic E-state index is -1.14. The van der Waals surface area contributed by atoms with Gasteiger partial charge in [-0.2, -0.15) is 0 Å². The minimum Gasteiger partial charge on any atom is -0.477 e. The molecule has 1 N–H and O–H groups in total. The second-order valence-electron chi connectivity index (χ2n) is 4.76. The second-order valence-corrected chi connectivity index (χ2v) is 6.67. The zero-order chi connectivity index (χ0) is 16.1. The molecule has 1 amide bonds. The molecule has 23 heavy (non-hydrogen) atoms. The van der Waals surface area contributed by atoms with Crippen LogP contribution in [0.15, 0.2) is 41.0 Å². The highest BCUT2D eigenvalue weighted by molar-refractivity contribution is 9.10. The predicted molar refractivity (Wildman–Crippen MR) is 88.9 cm³/mol. The summed E-state index contributed by atoms with van der Waals surface area (Å²) in [7, 11) is 0. The van der Waals surface area contributed by atoms with E-state index in [0.29, 0.717) is 21.6 Å². The van der Waals surface area contributed by atoms with E-state index < -0.39 is 12.1 Å². The fourth-order valence-corrected chi connectivity index (χ4v) is 3.81. The average Bonchev–Trinajstić information content (AvgIpc) is 2.88. The molecule has 1 aliphatic rings. The third kappa shape index (κ3) is 2.10. The molecule has 1 aliphatic heterocycles. The molecule has 114 valence electrons. The van der Waals surface area contributed by atoms with Crippen molar-refractivity contribution in [2.24, 2.45) is 0 Å². The summed E-state index contributed by atoms with van der Waals surface area (Å²) in [6, 6.07) is 8.87. The number of nitrogens with zero attached hydrogens (tertiary/aromatic N) is 2. The van der Waals surface area contributed by atoms with Crippen molar-refractivity contribution in [3.63, 3.8) is 0 Å². The Morgan fingerprint density at radius 3 is 2.91 bits per heavy atom. The lowest BCUT2D eigenvalue weighted by Gasteiger charge is -2.26. The molecule has 3 heterocycles. The number of carboxylic acids is 1. The Morgan fingerprint density at radius 1 is 1.35 bits per heavy atom. The molecule has 0 bridgehead atoms. The smallest absolute Gasteiger partial charge is 0.424 e. The number of hydrogen-bond donors (Lipinski definition) is 1. The van der Waals surface area contributed by atoms with E-state index in [9.17, 15) is 14.7 Å². The molecular weight excluding hydrogens is 384 g/mol. The summed E-state index contributed by atoms with van der Waals surface area (Å²) < 4.78 is 6.12. The Balaban J connectivity index is 2.01. The summed E-state index contributed by atoms with van der Waals surface area (Å²) in [5.41, 5.74) is 1.17. The van der Waals surface area contributed by atoms with Gasteiger partial charge in [0.25, 0.3) is 0 Å². The first-order valence-electron chi connectivity index (χ1n) is 6.48. The number of benzene rings is 1. The molecule has 0 fully saturated rings. The number of aromatic nitrogens is 1. The van der Waals surface area contributed by atoms with Crippen molar-refractivity contribution in [2.45, 2.75) is 0 Å². The van der Waals surface area contributed by atoms with Gasteiger partial charge in [0.2, 0.25) is 0 Å². The van der Waals surface area contributed by atoms with Crippen molar-refractivity contribution in [1.29, 1.82) is 0 Å². The number of halogens is 1. The number of carbonyl (C=O) groups excluding carboxylic acids is 1. The van der Waals surface area contributed by atoms with Crippen LogP contribution in [-0.2, 0) is 0 Å². The normalized spacial score (nSPS) is 13.3. The van der Waals surface area contributed by atoms with Gasteiger partial charge in [-0.05, 0) is 24.3 Å². The van der Waals surface area contributed by atoms with Gasteiger partial charge in [0.15, 0.2) is 10.6 Å². The van der Waals surface area contributed by atoms with E-state index in [1.807, 2.05) is 6.07 Å². The minimum absolute atomic E-state index is 0.0257. The van der Waals surface area contributed by atoms with Crippen molar-refractivity contribution in [2.75, 3.05) is 4.90 Å². The molecule has 0 spiro atoms. The Morgan fingerprint density at radius 2 is 2.17 bits per heavy atom. The van der Waals surface area contributed by atoms with Crippen LogP contribution >= 0.6 is 27.3 Å². The highest BCUT2D eigenvalue weighted by atomic mass is 79.9. The van der Waals surface area contributed by atoms with Crippen LogP contribution in [-0.4, -0.2) is 22.2 Å². The Kier molecular flexibility index (Phi) is 3.10. The molecule has 8 heteroatoms. The SMILES string of the molecule is O=C(O)c1sc2nccc3c2c1OC(=O)N3c1cccc(Br)c1. The number of hydrogen-bond acceptors (Lipinski definition) is 5. The molecule has 0 saturated heterocycles. The lowest BCUT2D eigenvalue weighted by Crippen LogP contribution is -2.32. The second kappa shape index (κ2) is 5.04. The Bertz CT molecular complexity index is 985. The van der Waals surface area contributed by atoms with Gasteiger partial charge in [0.05, 0.1) is 16.8 Å². The average molecular weight is 391 g/mol. The Hall–Kier alpha value is -2.45. The van der Waals surface area contributed by atoms with Crippen LogP contribution in [0, 0.1) is 0 Å².